The maximum atomic E-state index is 12.7. The van der Waals surface area contributed by atoms with Crippen molar-refractivity contribution in [1.82, 2.24) is 0 Å². The quantitative estimate of drug-likeness (QED) is 0.441. The van der Waals surface area contributed by atoms with Gasteiger partial charge in [-0.2, -0.15) is 0 Å². The second kappa shape index (κ2) is 7.07. The van der Waals surface area contributed by atoms with E-state index in [0.717, 1.165) is 6.07 Å². The number of aliphatic hydroxyl groups is 2. The number of aliphatic hydroxyl groups excluding tert-OH is 2. The highest BCUT2D eigenvalue weighted by Crippen LogP contribution is 2.43. The lowest BCUT2D eigenvalue weighted by Gasteiger charge is -2.36. The van der Waals surface area contributed by atoms with Crippen molar-refractivity contribution < 1.29 is 34.7 Å². The second-order valence-corrected chi connectivity index (χ2v) is 7.18. The monoisotopic (exact) mass is 400 g/mol. The molecule has 8 nitrogen and oxygen atoms in total. The van der Waals surface area contributed by atoms with Gasteiger partial charge in [0.05, 0.1) is 23.9 Å². The Balaban J connectivity index is 1.94. The molecular weight excluding hydrogens is 380 g/mol. The van der Waals surface area contributed by atoms with Crippen LogP contribution in [0.4, 0.5) is 0 Å². The molecule has 1 aliphatic rings. The van der Waals surface area contributed by atoms with Crippen LogP contribution < -0.4 is 5.43 Å². The third-order valence-electron chi connectivity index (χ3n) is 5.18. The average Bonchev–Trinajstić information content (AvgIpc) is 2.65. The molecule has 0 amide bonds. The second-order valence-electron chi connectivity index (χ2n) is 7.18. The summed E-state index contributed by atoms with van der Waals surface area (Å²) in [6.45, 7) is 1.58. The molecule has 0 saturated carbocycles. The van der Waals surface area contributed by atoms with E-state index >= 15 is 0 Å². The van der Waals surface area contributed by atoms with E-state index in [2.05, 4.69) is 0 Å². The molecule has 29 heavy (non-hydrogen) atoms. The first-order valence-electron chi connectivity index (χ1n) is 9.10. The van der Waals surface area contributed by atoms with Crippen molar-refractivity contribution in [3.8, 4) is 28.6 Å². The zero-order chi connectivity index (χ0) is 20.9. The Bertz CT molecular complexity index is 1110. The third kappa shape index (κ3) is 3.31. The molecule has 1 saturated heterocycles. The largest absolute Gasteiger partial charge is 0.508 e. The summed E-state index contributed by atoms with van der Waals surface area (Å²) in [5.74, 6) is -0.596. The van der Waals surface area contributed by atoms with Crippen molar-refractivity contribution in [2.75, 3.05) is 0 Å². The molecule has 3 aromatic rings. The number of aromatic hydroxyl groups is 3. The Kier molecular flexibility index (Phi) is 4.70. The molecule has 8 heteroatoms. The minimum atomic E-state index is -1.10. The van der Waals surface area contributed by atoms with Crippen LogP contribution >= 0.6 is 0 Å². The van der Waals surface area contributed by atoms with Crippen molar-refractivity contribution in [3.63, 3.8) is 0 Å². The lowest BCUT2D eigenvalue weighted by Crippen LogP contribution is -2.44. The summed E-state index contributed by atoms with van der Waals surface area (Å²) in [6, 6.07) is 8.22. The highest BCUT2D eigenvalue weighted by Gasteiger charge is 2.37. The van der Waals surface area contributed by atoms with Crippen molar-refractivity contribution in [2.24, 2.45) is 0 Å². The van der Waals surface area contributed by atoms with Gasteiger partial charge >= 0.3 is 0 Å². The molecule has 0 radical (unpaired) electrons. The van der Waals surface area contributed by atoms with Gasteiger partial charge in [0.15, 0.2) is 11.0 Å². The van der Waals surface area contributed by atoms with Crippen LogP contribution in [0.5, 0.6) is 17.2 Å². The normalized spacial score (nSPS) is 24.7. The van der Waals surface area contributed by atoms with Crippen LogP contribution in [0.3, 0.4) is 0 Å². The van der Waals surface area contributed by atoms with Crippen LogP contribution in [-0.4, -0.2) is 43.8 Å². The molecule has 0 aliphatic carbocycles. The first-order valence-corrected chi connectivity index (χ1v) is 9.10. The van der Waals surface area contributed by atoms with E-state index in [9.17, 15) is 30.3 Å². The predicted octanol–water partition coefficient (Wildman–Crippen LogP) is 2.15. The number of ether oxygens (including phenoxy) is 1. The van der Waals surface area contributed by atoms with Crippen molar-refractivity contribution in [2.45, 2.75) is 37.8 Å². The molecule has 0 spiro atoms. The zero-order valence-corrected chi connectivity index (χ0v) is 15.4. The van der Waals surface area contributed by atoms with Crippen LogP contribution in [0.2, 0.25) is 0 Å². The number of hydrogen-bond acceptors (Lipinski definition) is 8. The van der Waals surface area contributed by atoms with E-state index in [1.54, 1.807) is 19.1 Å². The van der Waals surface area contributed by atoms with Gasteiger partial charge in [-0.15, -0.1) is 0 Å². The van der Waals surface area contributed by atoms with Crippen LogP contribution in [0.25, 0.3) is 22.3 Å². The molecule has 152 valence electrons. The SMILES string of the molecule is C[C@H]1O[C@@H](c2c(O)cc(O)c3c(=O)cc(-c4ccc(O)cc4)oc23)C[C@H](O)[C@@H]1O. The van der Waals surface area contributed by atoms with Crippen molar-refractivity contribution in [1.29, 1.82) is 0 Å². The number of hydrogen-bond donors (Lipinski definition) is 5. The molecule has 4 atom stereocenters. The maximum absolute atomic E-state index is 12.7. The van der Waals surface area contributed by atoms with E-state index in [1.165, 1.54) is 18.2 Å². The van der Waals surface area contributed by atoms with Gasteiger partial charge in [0, 0.05) is 24.1 Å². The fourth-order valence-corrected chi connectivity index (χ4v) is 3.65. The molecular formula is C21H20O8. The predicted molar refractivity (Wildman–Crippen MR) is 103 cm³/mol. The fourth-order valence-electron chi connectivity index (χ4n) is 3.65. The molecule has 1 fully saturated rings. The third-order valence-corrected chi connectivity index (χ3v) is 5.18. The number of phenolic OH excluding ortho intramolecular Hbond substituents is 3. The van der Waals surface area contributed by atoms with Crippen LogP contribution in [-0.2, 0) is 4.74 Å². The summed E-state index contributed by atoms with van der Waals surface area (Å²) >= 11 is 0. The lowest BCUT2D eigenvalue weighted by atomic mass is 9.92. The number of fused-ring (bicyclic) bond motifs is 1. The summed E-state index contributed by atoms with van der Waals surface area (Å²) in [6.07, 6.45) is -3.81. The smallest absolute Gasteiger partial charge is 0.197 e. The summed E-state index contributed by atoms with van der Waals surface area (Å²) in [7, 11) is 0. The molecule has 5 N–H and O–H groups in total. The van der Waals surface area contributed by atoms with Gasteiger partial charge in [0.25, 0.3) is 0 Å². The van der Waals surface area contributed by atoms with Crippen molar-refractivity contribution >= 4 is 11.0 Å². The summed E-state index contributed by atoms with van der Waals surface area (Å²) in [5.41, 5.74) is 0.00804. The van der Waals surface area contributed by atoms with Gasteiger partial charge < -0.3 is 34.7 Å². The topological polar surface area (TPSA) is 141 Å². The maximum Gasteiger partial charge on any atom is 0.197 e. The Morgan fingerprint density at radius 3 is 2.34 bits per heavy atom. The summed E-state index contributed by atoms with van der Waals surface area (Å²) in [5, 5.41) is 50.1. The Morgan fingerprint density at radius 2 is 1.69 bits per heavy atom. The Morgan fingerprint density at radius 1 is 1.00 bits per heavy atom. The van der Waals surface area contributed by atoms with E-state index in [-0.39, 0.29) is 40.2 Å². The van der Waals surface area contributed by atoms with E-state index in [1.807, 2.05) is 0 Å². The van der Waals surface area contributed by atoms with E-state index < -0.39 is 35.6 Å². The van der Waals surface area contributed by atoms with Gasteiger partial charge in [-0.1, -0.05) is 0 Å². The summed E-state index contributed by atoms with van der Waals surface area (Å²) < 4.78 is 11.6. The highest BCUT2D eigenvalue weighted by atomic mass is 16.5. The Hall–Kier alpha value is -3.07. The molecule has 4 rings (SSSR count). The van der Waals surface area contributed by atoms with Gasteiger partial charge in [-0.3, -0.25) is 4.79 Å². The fraction of sp³-hybridized carbons (Fsp3) is 0.286. The van der Waals surface area contributed by atoms with Gasteiger partial charge in [-0.05, 0) is 31.2 Å². The molecule has 1 aliphatic heterocycles. The zero-order valence-electron chi connectivity index (χ0n) is 15.4. The van der Waals surface area contributed by atoms with Crippen LogP contribution in [0.1, 0.15) is 25.0 Å². The number of phenols is 3. The van der Waals surface area contributed by atoms with E-state index in [4.69, 9.17) is 9.15 Å². The molecule has 2 aromatic carbocycles. The van der Waals surface area contributed by atoms with Crippen LogP contribution in [0.15, 0.2) is 45.6 Å². The lowest BCUT2D eigenvalue weighted by molar-refractivity contribution is -0.163. The molecule has 2 heterocycles. The van der Waals surface area contributed by atoms with Gasteiger partial charge in [-0.25, -0.2) is 0 Å². The van der Waals surface area contributed by atoms with Gasteiger partial charge in [0.1, 0.15) is 34.5 Å². The number of benzene rings is 2. The van der Waals surface area contributed by atoms with E-state index in [0.29, 0.717) is 5.56 Å². The standard InChI is InChI=1S/C21H20O8/c1-9-20(27)15(26)8-17(28-9)19-13(24)6-12(23)18-14(25)7-16(29-21(18)19)10-2-4-11(22)5-3-10/h2-7,9,15,17,20,22-24,26-27H,8H2,1H3/t9-,15+,17-,20-/m1/s1. The van der Waals surface area contributed by atoms with Crippen LogP contribution in [0, 0.1) is 0 Å². The van der Waals surface area contributed by atoms with Crippen molar-refractivity contribution in [3.05, 3.63) is 52.2 Å². The summed E-state index contributed by atoms with van der Waals surface area (Å²) in [4.78, 5) is 12.7. The minimum absolute atomic E-state index is 0.0356. The number of rotatable bonds is 2. The minimum Gasteiger partial charge on any atom is -0.508 e. The molecule has 0 unspecified atom stereocenters. The first kappa shape index (κ1) is 19.3. The molecule has 1 aromatic heterocycles. The molecule has 0 bridgehead atoms. The first-order chi connectivity index (χ1) is 13.8. The van der Waals surface area contributed by atoms with Gasteiger partial charge in [0.2, 0.25) is 0 Å². The average molecular weight is 400 g/mol. The Labute approximate surface area is 164 Å². The highest BCUT2D eigenvalue weighted by molar-refractivity contribution is 5.89.